The van der Waals surface area contributed by atoms with E-state index in [1.165, 1.54) is 24.3 Å². The molecule has 13 heteroatoms. The second kappa shape index (κ2) is 12.8. The highest BCUT2D eigenvalue weighted by molar-refractivity contribution is 5.75. The molecule has 0 aliphatic carbocycles. The number of carboxylic acid groups (broad SMARTS) is 3. The molecule has 1 aromatic carbocycles. The number of nitrogens with zero attached hydrogens (tertiary/aromatic N) is 4. The van der Waals surface area contributed by atoms with Crippen LogP contribution in [0.15, 0.2) is 24.3 Å². The first kappa shape index (κ1) is 26.1. The molecular weight excluding hydrogens is 438 g/mol. The van der Waals surface area contributed by atoms with Gasteiger partial charge in [0.1, 0.15) is 6.04 Å². The third kappa shape index (κ3) is 8.73. The van der Waals surface area contributed by atoms with Crippen LogP contribution in [0, 0.1) is 10.1 Å². The van der Waals surface area contributed by atoms with Gasteiger partial charge in [-0.05, 0) is 5.56 Å². The molecule has 0 bridgehead atoms. The molecule has 0 radical (unpaired) electrons. The lowest BCUT2D eigenvalue weighted by molar-refractivity contribution is -0.384. The summed E-state index contributed by atoms with van der Waals surface area (Å²) in [6.07, 6.45) is 0. The minimum Gasteiger partial charge on any atom is -0.480 e. The summed E-state index contributed by atoms with van der Waals surface area (Å²) >= 11 is 0. The number of non-ortho nitro benzene ring substituents is 1. The Balaban J connectivity index is 2.21. The number of carboxylic acids is 3. The molecule has 1 atom stereocenters. The predicted octanol–water partition coefficient (Wildman–Crippen LogP) is -0.601. The third-order valence-corrected chi connectivity index (χ3v) is 5.35. The average molecular weight is 467 g/mol. The summed E-state index contributed by atoms with van der Waals surface area (Å²) in [5.41, 5.74) is 0.245. The van der Waals surface area contributed by atoms with Crippen molar-refractivity contribution >= 4 is 23.6 Å². The predicted molar refractivity (Wildman–Crippen MR) is 116 cm³/mol. The van der Waals surface area contributed by atoms with Crippen molar-refractivity contribution in [3.63, 3.8) is 0 Å². The molecule has 1 aromatic rings. The number of carbonyl (C=O) groups is 3. The van der Waals surface area contributed by atoms with E-state index in [9.17, 15) is 34.7 Å². The number of nitro benzene ring substituents is 1. The van der Waals surface area contributed by atoms with Crippen molar-refractivity contribution in [3.05, 3.63) is 39.9 Å². The fraction of sp³-hybridized carbons (Fsp3) is 0.550. The molecule has 4 N–H and O–H groups in total. The van der Waals surface area contributed by atoms with Gasteiger partial charge in [-0.15, -0.1) is 0 Å². The second-order valence-electron chi connectivity index (χ2n) is 7.72. The van der Waals surface area contributed by atoms with Crippen LogP contribution in [0.4, 0.5) is 5.69 Å². The normalized spacial score (nSPS) is 18.5. The average Bonchev–Trinajstić information content (AvgIpc) is 2.73. The van der Waals surface area contributed by atoms with Crippen LogP contribution >= 0.6 is 0 Å². The van der Waals surface area contributed by atoms with E-state index in [0.717, 1.165) is 0 Å². The van der Waals surface area contributed by atoms with Gasteiger partial charge in [-0.25, -0.2) is 0 Å². The number of hydrogen-bond donors (Lipinski definition) is 4. The molecule has 13 nitrogen and oxygen atoms in total. The number of nitrogens with one attached hydrogen (secondary N) is 1. The maximum absolute atomic E-state index is 12.1. The highest BCUT2D eigenvalue weighted by Gasteiger charge is 2.28. The monoisotopic (exact) mass is 467 g/mol. The molecule has 0 aromatic heterocycles. The van der Waals surface area contributed by atoms with Gasteiger partial charge in [0.15, 0.2) is 0 Å². The Morgan fingerprint density at radius 1 is 0.879 bits per heavy atom. The smallest absolute Gasteiger partial charge is 0.325 e. The Morgan fingerprint density at radius 3 is 1.91 bits per heavy atom. The van der Waals surface area contributed by atoms with Gasteiger partial charge in [0, 0.05) is 64.5 Å². The second-order valence-corrected chi connectivity index (χ2v) is 7.72. The maximum Gasteiger partial charge on any atom is 0.325 e. The van der Waals surface area contributed by atoms with Gasteiger partial charge in [-0.3, -0.25) is 39.2 Å². The number of rotatable bonds is 8. The highest BCUT2D eigenvalue weighted by Crippen LogP contribution is 2.23. The minimum absolute atomic E-state index is 0.142. The molecule has 0 amide bonds. The number of aliphatic carboxylic acids is 3. The summed E-state index contributed by atoms with van der Waals surface area (Å²) < 4.78 is 0. The standard InChI is InChI=1S/C20H29N5O8/c26-17(27)13-22-7-5-21-6-8-24(12-11-23(10-9-22)14-18(28)29)19(20(30)31)15-1-3-16(4-2-15)25(32)33/h1-4,19,21H,5-14H2,(H,26,27)(H,28,29)(H,30,31). The lowest BCUT2D eigenvalue weighted by Gasteiger charge is -2.33. The minimum atomic E-state index is -1.12. The molecular formula is C20H29N5O8. The topological polar surface area (TPSA) is 177 Å². The Bertz CT molecular complexity index is 834. The lowest BCUT2D eigenvalue weighted by Crippen LogP contribution is -2.48. The van der Waals surface area contributed by atoms with Crippen LogP contribution in [-0.4, -0.2) is 118 Å². The third-order valence-electron chi connectivity index (χ3n) is 5.35. The van der Waals surface area contributed by atoms with E-state index >= 15 is 0 Å². The SMILES string of the molecule is O=C(O)CN1CCNCCN(C(C(=O)O)c2ccc([N+](=O)[O-])cc2)CCN(CC(=O)O)CC1. The van der Waals surface area contributed by atoms with Gasteiger partial charge in [-0.2, -0.15) is 0 Å². The summed E-state index contributed by atoms with van der Waals surface area (Å²) in [4.78, 5) is 50.0. The van der Waals surface area contributed by atoms with Crippen molar-refractivity contribution in [2.45, 2.75) is 6.04 Å². The number of nitro groups is 1. The zero-order valence-electron chi connectivity index (χ0n) is 18.1. The molecule has 0 spiro atoms. The van der Waals surface area contributed by atoms with E-state index in [0.29, 0.717) is 44.8 Å². The quantitative estimate of drug-likeness (QED) is 0.282. The van der Waals surface area contributed by atoms with Crippen LogP contribution in [0.1, 0.15) is 11.6 Å². The summed E-state index contributed by atoms with van der Waals surface area (Å²) in [5.74, 6) is -3.12. The zero-order valence-corrected chi connectivity index (χ0v) is 18.1. The fourth-order valence-corrected chi connectivity index (χ4v) is 3.72. The van der Waals surface area contributed by atoms with E-state index in [-0.39, 0.29) is 31.9 Å². The van der Waals surface area contributed by atoms with Crippen molar-refractivity contribution in [2.24, 2.45) is 0 Å². The van der Waals surface area contributed by atoms with Crippen LogP contribution in [0.3, 0.4) is 0 Å². The first-order valence-electron chi connectivity index (χ1n) is 10.5. The van der Waals surface area contributed by atoms with Gasteiger partial charge >= 0.3 is 17.9 Å². The van der Waals surface area contributed by atoms with Crippen LogP contribution in [0.5, 0.6) is 0 Å². The molecule has 1 fully saturated rings. The molecule has 2 rings (SSSR count). The summed E-state index contributed by atoms with van der Waals surface area (Å²) in [7, 11) is 0. The van der Waals surface area contributed by atoms with Crippen LogP contribution in [0.25, 0.3) is 0 Å². The van der Waals surface area contributed by atoms with Gasteiger partial charge in [0.05, 0.1) is 18.0 Å². The van der Waals surface area contributed by atoms with Crippen LogP contribution in [0.2, 0.25) is 0 Å². The van der Waals surface area contributed by atoms with E-state index in [2.05, 4.69) is 5.32 Å². The van der Waals surface area contributed by atoms with Crippen molar-refractivity contribution in [1.82, 2.24) is 20.0 Å². The summed E-state index contributed by atoms with van der Waals surface area (Å²) in [6.45, 7) is 2.41. The van der Waals surface area contributed by atoms with E-state index in [1.807, 2.05) is 0 Å². The maximum atomic E-state index is 12.1. The molecule has 1 aliphatic heterocycles. The van der Waals surface area contributed by atoms with E-state index in [1.54, 1.807) is 14.7 Å². The van der Waals surface area contributed by atoms with Gasteiger partial charge in [0.25, 0.3) is 5.69 Å². The first-order valence-corrected chi connectivity index (χ1v) is 10.5. The molecule has 1 aliphatic rings. The van der Waals surface area contributed by atoms with Crippen molar-refractivity contribution < 1.29 is 34.6 Å². The van der Waals surface area contributed by atoms with E-state index < -0.39 is 28.9 Å². The molecule has 1 saturated heterocycles. The van der Waals surface area contributed by atoms with E-state index in [4.69, 9.17) is 5.11 Å². The molecule has 1 unspecified atom stereocenters. The molecule has 0 saturated carbocycles. The zero-order chi connectivity index (χ0) is 24.4. The molecule has 1 heterocycles. The summed E-state index contributed by atoms with van der Waals surface area (Å²) in [5, 5.41) is 42.4. The van der Waals surface area contributed by atoms with Crippen LogP contribution < -0.4 is 5.32 Å². The Kier molecular flexibility index (Phi) is 10.1. The Hall–Kier alpha value is -3.13. The van der Waals surface area contributed by atoms with Gasteiger partial charge < -0.3 is 20.6 Å². The van der Waals surface area contributed by atoms with Crippen LogP contribution in [-0.2, 0) is 14.4 Å². The lowest BCUT2D eigenvalue weighted by atomic mass is 10.0. The Labute approximate surface area is 190 Å². The molecule has 33 heavy (non-hydrogen) atoms. The Morgan fingerprint density at radius 2 is 1.39 bits per heavy atom. The van der Waals surface area contributed by atoms with Crippen molar-refractivity contribution in [2.75, 3.05) is 65.4 Å². The van der Waals surface area contributed by atoms with Crippen molar-refractivity contribution in [1.29, 1.82) is 0 Å². The fourth-order valence-electron chi connectivity index (χ4n) is 3.72. The number of benzene rings is 1. The van der Waals surface area contributed by atoms with Gasteiger partial charge in [0.2, 0.25) is 0 Å². The number of hydrogen-bond acceptors (Lipinski definition) is 9. The first-order chi connectivity index (χ1) is 15.7. The van der Waals surface area contributed by atoms with Crippen molar-refractivity contribution in [3.8, 4) is 0 Å². The summed E-state index contributed by atoms with van der Waals surface area (Å²) in [6, 6.07) is 4.28. The largest absolute Gasteiger partial charge is 0.480 e. The highest BCUT2D eigenvalue weighted by atomic mass is 16.6. The molecule has 182 valence electrons. The van der Waals surface area contributed by atoms with Gasteiger partial charge in [-0.1, -0.05) is 12.1 Å².